The molecule has 0 radical (unpaired) electrons. The van der Waals surface area contributed by atoms with Gasteiger partial charge in [-0.15, -0.1) is 0 Å². The molecule has 0 saturated carbocycles. The molecule has 7 heteroatoms. The molecular formula is O6Re. The Kier molecular flexibility index (Phi) is 0.480. The molecule has 0 spiro atoms. The van der Waals surface area contributed by atoms with Crippen LogP contribution >= 0.6 is 0 Å². The van der Waals surface area contributed by atoms with Crippen molar-refractivity contribution < 1.29 is 33.7 Å². The Morgan fingerprint density at radius 3 is 0.571 bits per heavy atom. The van der Waals surface area contributed by atoms with Crippen molar-refractivity contribution in [2.75, 3.05) is 0 Å². The van der Waals surface area contributed by atoms with Gasteiger partial charge in [-0.2, -0.15) is 0 Å². The molecule has 0 aromatic carbocycles. The third kappa shape index (κ3) is 227. The second-order valence-electron chi connectivity index (χ2n) is 0.945. The molecule has 0 amide bonds. The number of hydrogen-bond acceptors (Lipinski definition) is 6. The number of rotatable bonds is 0. The van der Waals surface area contributed by atoms with Crippen LogP contribution in [-0.4, -0.2) is 0 Å². The second kappa shape index (κ2) is 0.520. The van der Waals surface area contributed by atoms with Crippen LogP contribution in [0.3, 0.4) is 0 Å². The summed E-state index contributed by atoms with van der Waals surface area (Å²) in [4.78, 5) is 0. The molecule has 0 aromatic rings. The van der Waals surface area contributed by atoms with Crippen LogP contribution in [0.25, 0.3) is 0 Å². The van der Waals surface area contributed by atoms with E-state index in [0.717, 1.165) is 0 Å². The minimum atomic E-state index is -9.76. The van der Waals surface area contributed by atoms with Gasteiger partial charge in [-0.3, -0.25) is 0 Å². The summed E-state index contributed by atoms with van der Waals surface area (Å²) in [6.45, 7) is 0. The van der Waals surface area contributed by atoms with Crippen molar-refractivity contribution in [1.82, 2.24) is 0 Å². The van der Waals surface area contributed by atoms with Crippen LogP contribution in [0.2, 0.25) is 0 Å². The quantitative estimate of drug-likeness (QED) is 0.581. The molecule has 0 N–H and O–H groups in total. The first-order valence-corrected chi connectivity index (χ1v) is 7.58. The SMILES string of the molecule is [O]=[Re](=[O])(=[O])(=[O])(=[O])=[O]. The third-order valence-electron chi connectivity index (χ3n) is 0. The molecular weight excluding hydrogens is 282 g/mol. The van der Waals surface area contributed by atoms with Crippen molar-refractivity contribution in [2.24, 2.45) is 0 Å². The zero-order chi connectivity index (χ0) is 6.41. The summed E-state index contributed by atoms with van der Waals surface area (Å²) >= 11 is -9.76. The van der Waals surface area contributed by atoms with Crippen LogP contribution in [0.4, 0.5) is 0 Å². The van der Waals surface area contributed by atoms with Crippen molar-refractivity contribution in [3.05, 3.63) is 0 Å². The van der Waals surface area contributed by atoms with E-state index in [1.807, 2.05) is 0 Å². The van der Waals surface area contributed by atoms with Gasteiger partial charge in [0.15, 0.2) is 0 Å². The minimum absolute atomic E-state index is 8.68. The van der Waals surface area contributed by atoms with E-state index in [1.54, 1.807) is 0 Å². The Morgan fingerprint density at radius 1 is 0.571 bits per heavy atom. The average molecular weight is 282 g/mol. The Bertz CT molecular complexity index is 432. The standard InChI is InChI=1S/6O.Re. The molecule has 0 bridgehead atoms. The molecule has 0 rings (SSSR count). The Labute approximate surface area is 34.4 Å². The van der Waals surface area contributed by atoms with Gasteiger partial charge in [0, 0.05) is 0 Å². The molecule has 0 saturated heterocycles. The van der Waals surface area contributed by atoms with E-state index in [2.05, 4.69) is 0 Å². The Morgan fingerprint density at radius 2 is 0.571 bits per heavy atom. The van der Waals surface area contributed by atoms with Crippen LogP contribution in [0.1, 0.15) is 0 Å². The van der Waals surface area contributed by atoms with E-state index in [1.165, 1.54) is 0 Å². The summed E-state index contributed by atoms with van der Waals surface area (Å²) in [6.07, 6.45) is 0. The predicted molar refractivity (Wildman–Crippen MR) is 4.12 cm³/mol. The van der Waals surface area contributed by atoms with Crippen LogP contribution < -0.4 is 0 Å². The van der Waals surface area contributed by atoms with E-state index < -0.39 is 12.8 Å². The fraction of sp³-hybridized carbons (Fsp3) is 0. The summed E-state index contributed by atoms with van der Waals surface area (Å²) in [5, 5.41) is 0. The van der Waals surface area contributed by atoms with E-state index in [-0.39, 0.29) is 0 Å². The third-order valence-corrected chi connectivity index (χ3v) is 0. The first-order chi connectivity index (χ1) is 2.45. The Hall–Kier alpha value is -0.538. The van der Waals surface area contributed by atoms with Gasteiger partial charge in [0.25, 0.3) is 0 Å². The van der Waals surface area contributed by atoms with Gasteiger partial charge in [-0.25, -0.2) is 0 Å². The summed E-state index contributed by atoms with van der Waals surface area (Å²) in [6, 6.07) is 0. The van der Waals surface area contributed by atoms with Gasteiger partial charge in [0.1, 0.15) is 0 Å². The van der Waals surface area contributed by atoms with Gasteiger partial charge in [0.2, 0.25) is 0 Å². The van der Waals surface area contributed by atoms with E-state index in [9.17, 15) is 0 Å². The summed E-state index contributed by atoms with van der Waals surface area (Å²) in [7, 11) is 0. The van der Waals surface area contributed by atoms with Crippen LogP contribution in [0, 0.1) is 0 Å². The topological polar surface area (TPSA) is 102 Å². The summed E-state index contributed by atoms with van der Waals surface area (Å²) < 4.78 is 52.1. The second-order valence-corrected chi connectivity index (χ2v) is 7.73. The summed E-state index contributed by atoms with van der Waals surface area (Å²) in [5.41, 5.74) is 0. The van der Waals surface area contributed by atoms with Crippen molar-refractivity contribution in [3.63, 3.8) is 0 Å². The van der Waals surface area contributed by atoms with Gasteiger partial charge in [-0.05, 0) is 0 Å². The fourth-order valence-corrected chi connectivity index (χ4v) is 0. The zero-order valence-corrected chi connectivity index (χ0v) is 5.54. The van der Waals surface area contributed by atoms with Crippen LogP contribution in [0.5, 0.6) is 0 Å². The van der Waals surface area contributed by atoms with E-state index >= 15 is 0 Å². The van der Waals surface area contributed by atoms with E-state index in [4.69, 9.17) is 20.8 Å². The summed E-state index contributed by atoms with van der Waals surface area (Å²) in [5.74, 6) is 0. The van der Waals surface area contributed by atoms with Gasteiger partial charge in [-0.1, -0.05) is 0 Å². The molecule has 0 heterocycles. The van der Waals surface area contributed by atoms with Crippen LogP contribution in [0.15, 0.2) is 0 Å². The molecule has 0 aliphatic carbocycles. The Balaban J connectivity index is 8.86. The van der Waals surface area contributed by atoms with Gasteiger partial charge in [0.05, 0.1) is 0 Å². The first kappa shape index (κ1) is 6.46. The van der Waals surface area contributed by atoms with Gasteiger partial charge < -0.3 is 0 Å². The normalized spacial score (nSPS) is 17.1. The molecule has 6 nitrogen and oxygen atoms in total. The van der Waals surface area contributed by atoms with Crippen molar-refractivity contribution in [2.45, 2.75) is 0 Å². The molecule has 0 unspecified atom stereocenters. The maximum absolute atomic E-state index is 9.76. The fourth-order valence-electron chi connectivity index (χ4n) is 0. The average Bonchev–Trinajstić information content (AvgIpc) is 0.592. The maximum atomic E-state index is 8.68. The monoisotopic (exact) mass is 283 g/mol. The molecule has 7 heavy (non-hydrogen) atoms. The molecule has 0 aliphatic rings. The van der Waals surface area contributed by atoms with Gasteiger partial charge >= 0.3 is 33.7 Å². The van der Waals surface area contributed by atoms with Crippen molar-refractivity contribution in [1.29, 1.82) is 0 Å². The predicted octanol–water partition coefficient (Wildman–Crippen LogP) is -0.715. The van der Waals surface area contributed by atoms with Crippen molar-refractivity contribution in [3.8, 4) is 0 Å². The molecule has 43 valence electrons. The number of hydrogen-bond donors (Lipinski definition) is 0. The molecule has 0 aliphatic heterocycles. The van der Waals surface area contributed by atoms with Crippen LogP contribution in [-0.2, 0) is 33.7 Å². The first-order valence-electron chi connectivity index (χ1n) is 0.926. The zero-order valence-electron chi connectivity index (χ0n) is 2.83. The molecule has 0 atom stereocenters. The molecule has 0 aromatic heterocycles. The van der Waals surface area contributed by atoms with Crippen molar-refractivity contribution >= 4 is 0 Å². The molecule has 0 fully saturated rings. The van der Waals surface area contributed by atoms with E-state index in [0.29, 0.717) is 0 Å².